The molecule has 0 atom stereocenters. The average Bonchev–Trinajstić information content (AvgIpc) is 2.23. The molecule has 1 saturated heterocycles. The fourth-order valence-electron chi connectivity index (χ4n) is 5.47. The summed E-state index contributed by atoms with van der Waals surface area (Å²) in [6, 6.07) is 0. The van der Waals surface area contributed by atoms with Crippen molar-refractivity contribution < 1.29 is 9.90 Å². The van der Waals surface area contributed by atoms with Crippen molar-refractivity contribution in [1.82, 2.24) is 4.90 Å². The number of nitrogens with zero attached hydrogens (tertiary/aromatic N) is 1. The fourth-order valence-corrected chi connectivity index (χ4v) is 5.47. The number of carbonyl (C=O) groups is 1. The van der Waals surface area contributed by atoms with Crippen molar-refractivity contribution in [3.05, 3.63) is 0 Å². The van der Waals surface area contributed by atoms with Crippen LogP contribution in [0.3, 0.4) is 0 Å². The van der Waals surface area contributed by atoms with Crippen molar-refractivity contribution in [1.29, 1.82) is 0 Å². The molecule has 4 aliphatic carbocycles. The number of β-amino-alcohol motifs (C(OH)–C–C–N with tert-alkyl or cyclic N) is 1. The molecule has 5 aliphatic rings. The molecule has 1 aliphatic heterocycles. The van der Waals surface area contributed by atoms with E-state index in [4.69, 9.17) is 0 Å². The molecule has 100 valence electrons. The fraction of sp³-hybridized carbons (Fsp3) is 0.933. The first-order valence-corrected chi connectivity index (χ1v) is 7.53. The van der Waals surface area contributed by atoms with E-state index in [2.05, 4.69) is 0 Å². The van der Waals surface area contributed by atoms with Crippen LogP contribution >= 0.6 is 0 Å². The van der Waals surface area contributed by atoms with E-state index in [0.717, 1.165) is 11.8 Å². The molecule has 3 heteroatoms. The number of aliphatic hydroxyl groups is 1. The van der Waals surface area contributed by atoms with Crippen molar-refractivity contribution in [2.45, 2.75) is 44.6 Å². The molecule has 0 radical (unpaired) electrons. The molecule has 0 aromatic rings. The third-order valence-electron chi connectivity index (χ3n) is 5.89. The molecular weight excluding hydrogens is 226 g/mol. The number of carbonyl (C=O) groups excluding carboxylic acids is 1. The van der Waals surface area contributed by atoms with Gasteiger partial charge in [0.25, 0.3) is 0 Å². The van der Waals surface area contributed by atoms with Crippen LogP contribution in [-0.4, -0.2) is 34.6 Å². The van der Waals surface area contributed by atoms with E-state index in [1.165, 1.54) is 32.1 Å². The summed E-state index contributed by atoms with van der Waals surface area (Å²) in [4.78, 5) is 14.5. The third kappa shape index (κ3) is 1.56. The summed E-state index contributed by atoms with van der Waals surface area (Å²) in [7, 11) is 0. The summed E-state index contributed by atoms with van der Waals surface area (Å²) in [5.74, 6) is 3.84. The average molecular weight is 249 g/mol. The van der Waals surface area contributed by atoms with Gasteiger partial charge in [0, 0.05) is 5.92 Å². The SMILES string of the molecule is CC1(O)CN(C(=O)C2C3CC4CC(C3)CC2C4)C1. The van der Waals surface area contributed by atoms with Gasteiger partial charge in [-0.1, -0.05) is 0 Å². The second-order valence-electron chi connectivity index (χ2n) is 7.65. The Bertz CT molecular complexity index is 354. The smallest absolute Gasteiger partial charge is 0.226 e. The van der Waals surface area contributed by atoms with Gasteiger partial charge in [0.1, 0.15) is 0 Å². The lowest BCUT2D eigenvalue weighted by molar-refractivity contribution is -0.168. The molecule has 0 aromatic heterocycles. The molecule has 0 aromatic carbocycles. The van der Waals surface area contributed by atoms with Crippen LogP contribution in [0.15, 0.2) is 0 Å². The Morgan fingerprint density at radius 2 is 1.56 bits per heavy atom. The number of hydrogen-bond acceptors (Lipinski definition) is 2. The minimum Gasteiger partial charge on any atom is -0.386 e. The van der Waals surface area contributed by atoms with Gasteiger partial charge in [-0.05, 0) is 62.7 Å². The van der Waals surface area contributed by atoms with Crippen molar-refractivity contribution >= 4 is 5.91 Å². The first-order chi connectivity index (χ1) is 8.52. The van der Waals surface area contributed by atoms with Crippen molar-refractivity contribution in [3.63, 3.8) is 0 Å². The van der Waals surface area contributed by atoms with Crippen LogP contribution in [0.25, 0.3) is 0 Å². The van der Waals surface area contributed by atoms with Crippen LogP contribution in [-0.2, 0) is 4.79 Å². The lowest BCUT2D eigenvalue weighted by Gasteiger charge is -2.56. The monoisotopic (exact) mass is 249 g/mol. The second-order valence-corrected chi connectivity index (χ2v) is 7.65. The number of likely N-dealkylation sites (tertiary alicyclic amines) is 1. The molecule has 0 spiro atoms. The van der Waals surface area contributed by atoms with Crippen LogP contribution in [0.2, 0.25) is 0 Å². The summed E-state index contributed by atoms with van der Waals surface area (Å²) in [6.07, 6.45) is 6.63. The van der Waals surface area contributed by atoms with Crippen LogP contribution in [0.1, 0.15) is 39.0 Å². The Morgan fingerprint density at radius 3 is 2.00 bits per heavy atom. The maximum atomic E-state index is 12.6. The molecule has 1 N–H and O–H groups in total. The molecule has 3 nitrogen and oxygen atoms in total. The Labute approximate surface area is 109 Å². The lowest BCUT2D eigenvalue weighted by Crippen LogP contribution is -2.64. The second kappa shape index (κ2) is 3.50. The predicted molar refractivity (Wildman–Crippen MR) is 67.7 cm³/mol. The molecule has 1 amide bonds. The summed E-state index contributed by atoms with van der Waals surface area (Å²) in [5.41, 5.74) is -0.623. The van der Waals surface area contributed by atoms with E-state index in [1.54, 1.807) is 0 Å². The highest BCUT2D eigenvalue weighted by atomic mass is 16.3. The van der Waals surface area contributed by atoms with E-state index in [9.17, 15) is 9.90 Å². The van der Waals surface area contributed by atoms with Gasteiger partial charge in [0.05, 0.1) is 18.7 Å². The quantitative estimate of drug-likeness (QED) is 0.767. The van der Waals surface area contributed by atoms with Gasteiger partial charge in [-0.25, -0.2) is 0 Å². The zero-order valence-electron chi connectivity index (χ0n) is 11.1. The van der Waals surface area contributed by atoms with Crippen molar-refractivity contribution in [3.8, 4) is 0 Å². The van der Waals surface area contributed by atoms with E-state index in [0.29, 0.717) is 36.8 Å². The van der Waals surface area contributed by atoms with Crippen molar-refractivity contribution in [2.75, 3.05) is 13.1 Å². The van der Waals surface area contributed by atoms with Gasteiger partial charge in [-0.3, -0.25) is 4.79 Å². The van der Waals surface area contributed by atoms with Crippen LogP contribution in [0.5, 0.6) is 0 Å². The first kappa shape index (κ1) is 11.3. The molecule has 0 unspecified atom stereocenters. The van der Waals surface area contributed by atoms with Crippen LogP contribution < -0.4 is 0 Å². The highest BCUT2D eigenvalue weighted by Crippen LogP contribution is 2.57. The minimum absolute atomic E-state index is 0.300. The Hall–Kier alpha value is -0.570. The molecule has 5 rings (SSSR count). The van der Waals surface area contributed by atoms with Gasteiger partial charge >= 0.3 is 0 Å². The summed E-state index contributed by atoms with van der Waals surface area (Å²) >= 11 is 0. The minimum atomic E-state index is -0.623. The standard InChI is InChI=1S/C15H23NO2/c1-15(18)7-16(8-15)14(17)13-11-3-9-2-10(5-11)6-12(13)4-9/h9-13,18H,2-8H2,1H3. The van der Waals surface area contributed by atoms with Crippen LogP contribution in [0, 0.1) is 29.6 Å². The van der Waals surface area contributed by atoms with Crippen LogP contribution in [0.4, 0.5) is 0 Å². The van der Waals surface area contributed by atoms with Crippen molar-refractivity contribution in [2.24, 2.45) is 29.6 Å². The third-order valence-corrected chi connectivity index (χ3v) is 5.89. The van der Waals surface area contributed by atoms with E-state index in [-0.39, 0.29) is 0 Å². The molecule has 4 bridgehead atoms. The van der Waals surface area contributed by atoms with E-state index in [1.807, 2.05) is 11.8 Å². The van der Waals surface area contributed by atoms with Gasteiger partial charge in [0.15, 0.2) is 0 Å². The number of hydrogen-bond donors (Lipinski definition) is 1. The molecule has 5 fully saturated rings. The molecule has 18 heavy (non-hydrogen) atoms. The lowest BCUT2D eigenvalue weighted by atomic mass is 9.51. The topological polar surface area (TPSA) is 40.5 Å². The Morgan fingerprint density at radius 1 is 1.06 bits per heavy atom. The van der Waals surface area contributed by atoms with E-state index < -0.39 is 5.60 Å². The maximum absolute atomic E-state index is 12.6. The van der Waals surface area contributed by atoms with Gasteiger partial charge < -0.3 is 10.0 Å². The highest BCUT2D eigenvalue weighted by molar-refractivity contribution is 5.81. The van der Waals surface area contributed by atoms with Gasteiger partial charge in [0.2, 0.25) is 5.91 Å². The normalized spacial score (nSPS) is 48.1. The summed E-state index contributed by atoms with van der Waals surface area (Å²) < 4.78 is 0. The zero-order chi connectivity index (χ0) is 12.5. The summed E-state index contributed by atoms with van der Waals surface area (Å²) in [5, 5.41) is 9.79. The highest BCUT2D eigenvalue weighted by Gasteiger charge is 2.53. The zero-order valence-corrected chi connectivity index (χ0v) is 11.1. The number of rotatable bonds is 1. The summed E-state index contributed by atoms with van der Waals surface area (Å²) in [6.45, 7) is 2.93. The largest absolute Gasteiger partial charge is 0.386 e. The van der Waals surface area contributed by atoms with Gasteiger partial charge in [-0.15, -0.1) is 0 Å². The maximum Gasteiger partial charge on any atom is 0.226 e. The van der Waals surface area contributed by atoms with E-state index >= 15 is 0 Å². The molecule has 4 saturated carbocycles. The number of amides is 1. The van der Waals surface area contributed by atoms with Gasteiger partial charge in [-0.2, -0.15) is 0 Å². The Kier molecular flexibility index (Phi) is 2.19. The molecular formula is C15H23NO2. The predicted octanol–water partition coefficient (Wildman–Crippen LogP) is 1.65. The Balaban J connectivity index is 1.50. The first-order valence-electron chi connectivity index (χ1n) is 7.53. The molecule has 1 heterocycles.